The summed E-state index contributed by atoms with van der Waals surface area (Å²) in [5, 5.41) is 16.2. The molecule has 0 saturated carbocycles. The Kier molecular flexibility index (Phi) is 2.96. The van der Waals surface area contributed by atoms with E-state index < -0.39 is 6.10 Å². The number of nitrogens with one attached hydrogen (secondary N) is 1. The van der Waals surface area contributed by atoms with Gasteiger partial charge in [-0.25, -0.2) is 4.98 Å². The van der Waals surface area contributed by atoms with Crippen LogP contribution in [0.25, 0.3) is 0 Å². The molecule has 1 aromatic rings. The summed E-state index contributed by atoms with van der Waals surface area (Å²) in [7, 11) is 0. The molecule has 0 aliphatic carbocycles. The maximum atomic E-state index is 9.96. The number of aliphatic hydroxyl groups excluding tert-OH is 1. The molecule has 0 aromatic carbocycles. The van der Waals surface area contributed by atoms with Crippen LogP contribution in [0, 0.1) is 0 Å². The maximum Gasteiger partial charge on any atom is 0.116 e. The lowest BCUT2D eigenvalue weighted by Crippen LogP contribution is -2.29. The van der Waals surface area contributed by atoms with Crippen LogP contribution in [-0.2, 0) is 6.42 Å². The Morgan fingerprint density at radius 1 is 1.79 bits per heavy atom. The van der Waals surface area contributed by atoms with Gasteiger partial charge in [0.15, 0.2) is 0 Å². The van der Waals surface area contributed by atoms with Crippen LogP contribution < -0.4 is 5.32 Å². The zero-order valence-corrected chi connectivity index (χ0v) is 8.92. The zero-order chi connectivity index (χ0) is 9.97. The predicted molar refractivity (Wildman–Crippen MR) is 57.4 cm³/mol. The highest BCUT2D eigenvalue weighted by Crippen LogP contribution is 2.21. The lowest BCUT2D eigenvalue weighted by atomic mass is 10.1. The van der Waals surface area contributed by atoms with Crippen LogP contribution in [0.2, 0.25) is 0 Å². The van der Waals surface area contributed by atoms with Crippen LogP contribution in [-0.4, -0.2) is 22.7 Å². The van der Waals surface area contributed by atoms with Gasteiger partial charge in [0.1, 0.15) is 6.10 Å². The van der Waals surface area contributed by atoms with Crippen molar-refractivity contribution in [2.75, 3.05) is 6.54 Å². The minimum absolute atomic E-state index is 0.0295. The van der Waals surface area contributed by atoms with Crippen molar-refractivity contribution in [3.63, 3.8) is 0 Å². The van der Waals surface area contributed by atoms with E-state index in [0.29, 0.717) is 0 Å². The van der Waals surface area contributed by atoms with Gasteiger partial charge < -0.3 is 10.4 Å². The molecule has 1 aliphatic heterocycles. The van der Waals surface area contributed by atoms with Gasteiger partial charge in [0.2, 0.25) is 0 Å². The Bertz CT molecular complexity index is 335. The predicted octanol–water partition coefficient (Wildman–Crippen LogP) is 1.27. The minimum Gasteiger partial charge on any atom is -0.385 e. The Morgan fingerprint density at radius 2 is 2.64 bits per heavy atom. The van der Waals surface area contributed by atoms with Crippen LogP contribution in [0.5, 0.6) is 0 Å². The summed E-state index contributed by atoms with van der Waals surface area (Å²) in [4.78, 5) is 4.37. The van der Waals surface area contributed by atoms with Gasteiger partial charge in [0.05, 0.1) is 16.7 Å². The molecular weight excluding hydrogens is 196 g/mol. The van der Waals surface area contributed by atoms with E-state index in [0.717, 1.165) is 23.7 Å². The van der Waals surface area contributed by atoms with Gasteiger partial charge in [-0.1, -0.05) is 19.1 Å². The van der Waals surface area contributed by atoms with Crippen LogP contribution in [0.1, 0.15) is 23.7 Å². The van der Waals surface area contributed by atoms with E-state index in [4.69, 9.17) is 0 Å². The normalized spacial score (nSPS) is 22.9. The van der Waals surface area contributed by atoms with Crippen molar-refractivity contribution in [1.82, 2.24) is 10.3 Å². The van der Waals surface area contributed by atoms with Gasteiger partial charge in [0, 0.05) is 11.9 Å². The third kappa shape index (κ3) is 1.87. The smallest absolute Gasteiger partial charge is 0.116 e. The van der Waals surface area contributed by atoms with Gasteiger partial charge in [0.25, 0.3) is 0 Å². The maximum absolute atomic E-state index is 9.96. The molecule has 0 spiro atoms. The largest absolute Gasteiger partial charge is 0.385 e. The lowest BCUT2D eigenvalue weighted by Gasteiger charge is -2.14. The summed E-state index contributed by atoms with van der Waals surface area (Å²) in [6.07, 6.45) is 4.45. The summed E-state index contributed by atoms with van der Waals surface area (Å²) >= 11 is 1.61. The number of rotatable bonds is 3. The van der Waals surface area contributed by atoms with Gasteiger partial charge in [-0.15, -0.1) is 11.3 Å². The summed E-state index contributed by atoms with van der Waals surface area (Å²) in [6.45, 7) is 2.91. The third-order valence-corrected chi connectivity index (χ3v) is 3.34. The van der Waals surface area contributed by atoms with E-state index in [-0.39, 0.29) is 6.04 Å². The number of aryl methyl sites for hydroxylation is 1. The van der Waals surface area contributed by atoms with Gasteiger partial charge in [-0.2, -0.15) is 0 Å². The zero-order valence-electron chi connectivity index (χ0n) is 8.10. The molecule has 1 aromatic heterocycles. The highest BCUT2D eigenvalue weighted by atomic mass is 32.1. The summed E-state index contributed by atoms with van der Waals surface area (Å²) < 4.78 is 0. The Morgan fingerprint density at radius 3 is 3.21 bits per heavy atom. The molecule has 1 aliphatic rings. The van der Waals surface area contributed by atoms with E-state index in [9.17, 15) is 5.11 Å². The van der Waals surface area contributed by atoms with E-state index in [1.165, 1.54) is 0 Å². The first-order chi connectivity index (χ1) is 6.81. The van der Waals surface area contributed by atoms with Crippen LogP contribution in [0.15, 0.2) is 17.5 Å². The van der Waals surface area contributed by atoms with E-state index in [1.54, 1.807) is 11.3 Å². The van der Waals surface area contributed by atoms with Crippen LogP contribution in [0.4, 0.5) is 0 Å². The number of aromatic nitrogens is 1. The van der Waals surface area contributed by atoms with Gasteiger partial charge in [-0.3, -0.25) is 0 Å². The van der Waals surface area contributed by atoms with Crippen molar-refractivity contribution in [1.29, 1.82) is 0 Å². The second kappa shape index (κ2) is 4.21. The number of hydrogen-bond acceptors (Lipinski definition) is 4. The van der Waals surface area contributed by atoms with E-state index in [2.05, 4.69) is 17.2 Å². The Balaban J connectivity index is 2.09. The second-order valence-electron chi connectivity index (χ2n) is 3.33. The fourth-order valence-electron chi connectivity index (χ4n) is 1.51. The lowest BCUT2D eigenvalue weighted by molar-refractivity contribution is 0.148. The summed E-state index contributed by atoms with van der Waals surface area (Å²) in [6, 6.07) is 0.0295. The molecule has 0 fully saturated rings. The van der Waals surface area contributed by atoms with Gasteiger partial charge in [-0.05, 0) is 6.42 Å². The summed E-state index contributed by atoms with van der Waals surface area (Å²) in [5.74, 6) is 0. The Hall–Kier alpha value is -0.710. The molecule has 14 heavy (non-hydrogen) atoms. The topological polar surface area (TPSA) is 45.2 Å². The van der Waals surface area contributed by atoms with Crippen molar-refractivity contribution in [3.8, 4) is 0 Å². The van der Waals surface area contributed by atoms with Gasteiger partial charge >= 0.3 is 0 Å². The first kappa shape index (κ1) is 9.83. The number of nitrogens with zero attached hydrogens (tertiary/aromatic N) is 1. The monoisotopic (exact) mass is 210 g/mol. The number of thiazole rings is 1. The van der Waals surface area contributed by atoms with Crippen molar-refractivity contribution in [2.45, 2.75) is 25.5 Å². The molecule has 76 valence electrons. The molecular formula is C10H14N2OS. The average Bonchev–Trinajstić information content (AvgIpc) is 2.88. The fourth-order valence-corrected chi connectivity index (χ4v) is 2.28. The molecule has 2 N–H and O–H groups in total. The van der Waals surface area contributed by atoms with Crippen LogP contribution in [0.3, 0.4) is 0 Å². The van der Waals surface area contributed by atoms with Crippen molar-refractivity contribution >= 4 is 11.3 Å². The number of aliphatic hydroxyl groups is 1. The van der Waals surface area contributed by atoms with E-state index >= 15 is 0 Å². The van der Waals surface area contributed by atoms with Crippen molar-refractivity contribution in [2.24, 2.45) is 0 Å². The molecule has 2 rings (SSSR count). The summed E-state index contributed by atoms with van der Waals surface area (Å²) in [5.41, 5.74) is 0.788. The second-order valence-corrected chi connectivity index (χ2v) is 4.27. The molecule has 0 saturated heterocycles. The first-order valence-corrected chi connectivity index (χ1v) is 5.71. The molecule has 2 heterocycles. The quantitative estimate of drug-likeness (QED) is 0.738. The third-order valence-electron chi connectivity index (χ3n) is 2.33. The molecule has 2 unspecified atom stereocenters. The molecule has 3 nitrogen and oxygen atoms in total. The average molecular weight is 210 g/mol. The highest BCUT2D eigenvalue weighted by molar-refractivity contribution is 7.09. The number of hydrogen-bond donors (Lipinski definition) is 2. The standard InChI is InChI=1S/C10H14N2OS/c1-2-9-12-8(6-14-9)10(13)7-4-3-5-11-7/h3-4,6-7,10-11,13H,2,5H2,1H3. The Labute approximate surface area is 87.5 Å². The first-order valence-electron chi connectivity index (χ1n) is 4.83. The SMILES string of the molecule is CCc1nc(C(O)C2C=CCN2)cs1. The molecule has 2 atom stereocenters. The fraction of sp³-hybridized carbons (Fsp3) is 0.500. The molecule has 0 bridgehead atoms. The van der Waals surface area contributed by atoms with E-state index in [1.807, 2.05) is 17.5 Å². The molecule has 0 radical (unpaired) electrons. The highest BCUT2D eigenvalue weighted by Gasteiger charge is 2.22. The van der Waals surface area contributed by atoms with Crippen LogP contribution >= 0.6 is 11.3 Å². The minimum atomic E-state index is -0.509. The molecule has 0 amide bonds. The molecule has 4 heteroatoms. The van der Waals surface area contributed by atoms with Crippen molar-refractivity contribution in [3.05, 3.63) is 28.2 Å². The van der Waals surface area contributed by atoms with Crippen molar-refractivity contribution < 1.29 is 5.11 Å².